The number of halogens is 1. The fraction of sp³-hybridized carbons (Fsp3) is 0.357. The molecule has 0 fully saturated rings. The van der Waals surface area contributed by atoms with Crippen LogP contribution in [0.25, 0.3) is 0 Å². The van der Waals surface area contributed by atoms with Crippen LogP contribution in [0, 0.1) is 0 Å². The van der Waals surface area contributed by atoms with Crippen LogP contribution in [-0.4, -0.2) is 36.2 Å². The summed E-state index contributed by atoms with van der Waals surface area (Å²) in [5.74, 6) is -1.45. The first-order chi connectivity index (χ1) is 10.4. The van der Waals surface area contributed by atoms with Crippen molar-refractivity contribution in [3.63, 3.8) is 0 Å². The number of aliphatic carboxylic acids is 1. The number of urea groups is 1. The van der Waals surface area contributed by atoms with E-state index in [4.69, 9.17) is 9.84 Å². The lowest BCUT2D eigenvalue weighted by atomic mass is 10.2. The molecule has 0 aliphatic carbocycles. The van der Waals surface area contributed by atoms with Crippen LogP contribution in [0.3, 0.4) is 0 Å². The molecular formula is C14H17BrN2O5. The summed E-state index contributed by atoms with van der Waals surface area (Å²) in [5.41, 5.74) is 0.550. The lowest BCUT2D eigenvalue weighted by Crippen LogP contribution is -2.30. The number of ether oxygens (including phenoxy) is 1. The Labute approximate surface area is 136 Å². The maximum Gasteiger partial charge on any atom is 0.340 e. The number of carbonyl (C=O) groups is 3. The van der Waals surface area contributed by atoms with Crippen molar-refractivity contribution in [3.05, 3.63) is 28.2 Å². The summed E-state index contributed by atoms with van der Waals surface area (Å²) in [6, 6.07) is 4.30. The van der Waals surface area contributed by atoms with Crippen molar-refractivity contribution in [2.45, 2.75) is 19.8 Å². The predicted octanol–water partition coefficient (Wildman–Crippen LogP) is 2.61. The Kier molecular flexibility index (Phi) is 7.38. The Morgan fingerprint density at radius 3 is 2.68 bits per heavy atom. The molecule has 0 atom stereocenters. The second-order valence-corrected chi connectivity index (χ2v) is 5.20. The molecule has 0 saturated carbocycles. The lowest BCUT2D eigenvalue weighted by molar-refractivity contribution is -0.137. The number of carboxylic acid groups (broad SMARTS) is 1. The van der Waals surface area contributed by atoms with E-state index in [1.54, 1.807) is 25.1 Å². The number of rotatable bonds is 7. The smallest absolute Gasteiger partial charge is 0.340 e. The van der Waals surface area contributed by atoms with Gasteiger partial charge in [0.2, 0.25) is 0 Å². The highest BCUT2D eigenvalue weighted by atomic mass is 79.9. The third-order valence-corrected chi connectivity index (χ3v) is 3.07. The minimum atomic E-state index is -0.917. The molecule has 0 saturated heterocycles. The summed E-state index contributed by atoms with van der Waals surface area (Å²) in [4.78, 5) is 34.0. The van der Waals surface area contributed by atoms with Gasteiger partial charge < -0.3 is 20.5 Å². The highest BCUT2D eigenvalue weighted by molar-refractivity contribution is 9.10. The zero-order chi connectivity index (χ0) is 16.5. The quantitative estimate of drug-likeness (QED) is 0.503. The molecule has 3 N–H and O–H groups in total. The molecule has 22 heavy (non-hydrogen) atoms. The third-order valence-electron chi connectivity index (χ3n) is 2.58. The summed E-state index contributed by atoms with van der Waals surface area (Å²) < 4.78 is 5.62. The molecule has 1 rings (SSSR count). The molecule has 8 heteroatoms. The van der Waals surface area contributed by atoms with Crippen LogP contribution in [0.5, 0.6) is 0 Å². The molecule has 0 aromatic heterocycles. The van der Waals surface area contributed by atoms with Gasteiger partial charge in [-0.2, -0.15) is 0 Å². The second kappa shape index (κ2) is 9.04. The molecule has 1 aromatic carbocycles. The van der Waals surface area contributed by atoms with Gasteiger partial charge in [-0.15, -0.1) is 0 Å². The van der Waals surface area contributed by atoms with Gasteiger partial charge in [0.1, 0.15) is 0 Å². The molecular weight excluding hydrogens is 356 g/mol. The van der Waals surface area contributed by atoms with Crippen LogP contribution in [0.4, 0.5) is 10.5 Å². The molecule has 0 bridgehead atoms. The highest BCUT2D eigenvalue weighted by Gasteiger charge is 2.15. The Morgan fingerprint density at radius 2 is 2.05 bits per heavy atom. The van der Waals surface area contributed by atoms with Crippen molar-refractivity contribution in [2.75, 3.05) is 18.5 Å². The number of carboxylic acids is 1. The average molecular weight is 373 g/mol. The van der Waals surface area contributed by atoms with Gasteiger partial charge in [0.25, 0.3) is 0 Å². The standard InChI is InChI=1S/C14H17BrN2O5/c1-2-22-13(20)10-8-9(15)5-6-11(10)17-14(21)16-7-3-4-12(18)19/h5-6,8H,2-4,7H2,1H3,(H,18,19)(H2,16,17,21). The summed E-state index contributed by atoms with van der Waals surface area (Å²) in [6.45, 7) is 2.15. The fourth-order valence-corrected chi connectivity index (χ4v) is 1.97. The van der Waals surface area contributed by atoms with Gasteiger partial charge in [-0.1, -0.05) is 15.9 Å². The van der Waals surface area contributed by atoms with Crippen molar-refractivity contribution in [2.24, 2.45) is 0 Å². The van der Waals surface area contributed by atoms with E-state index < -0.39 is 18.0 Å². The summed E-state index contributed by atoms with van der Waals surface area (Å²) in [5, 5.41) is 13.6. The van der Waals surface area contributed by atoms with E-state index in [0.29, 0.717) is 16.6 Å². The van der Waals surface area contributed by atoms with E-state index >= 15 is 0 Å². The molecule has 0 spiro atoms. The van der Waals surface area contributed by atoms with Crippen LogP contribution >= 0.6 is 15.9 Å². The minimum absolute atomic E-state index is 0.0212. The largest absolute Gasteiger partial charge is 0.481 e. The van der Waals surface area contributed by atoms with Gasteiger partial charge in [0, 0.05) is 17.4 Å². The molecule has 2 amide bonds. The SMILES string of the molecule is CCOC(=O)c1cc(Br)ccc1NC(=O)NCCCC(=O)O. The summed E-state index contributed by atoms with van der Waals surface area (Å²) in [6.07, 6.45) is 0.306. The Balaban J connectivity index is 2.66. The minimum Gasteiger partial charge on any atom is -0.481 e. The molecule has 1 aromatic rings. The van der Waals surface area contributed by atoms with Crippen molar-refractivity contribution >= 4 is 39.6 Å². The summed E-state index contributed by atoms with van der Waals surface area (Å²) in [7, 11) is 0. The van der Waals surface area contributed by atoms with Crippen LogP contribution in [0.15, 0.2) is 22.7 Å². The maximum atomic E-state index is 11.9. The number of hydrogen-bond donors (Lipinski definition) is 3. The average Bonchev–Trinajstić information content (AvgIpc) is 2.45. The zero-order valence-electron chi connectivity index (χ0n) is 12.0. The summed E-state index contributed by atoms with van der Waals surface area (Å²) >= 11 is 3.26. The van der Waals surface area contributed by atoms with Crippen molar-refractivity contribution in [1.29, 1.82) is 0 Å². The number of benzene rings is 1. The normalized spacial score (nSPS) is 9.91. The monoisotopic (exact) mass is 372 g/mol. The van der Waals surface area contributed by atoms with Crippen LogP contribution < -0.4 is 10.6 Å². The van der Waals surface area contributed by atoms with E-state index in [9.17, 15) is 14.4 Å². The lowest BCUT2D eigenvalue weighted by Gasteiger charge is -2.11. The fourth-order valence-electron chi connectivity index (χ4n) is 1.61. The Morgan fingerprint density at radius 1 is 1.32 bits per heavy atom. The highest BCUT2D eigenvalue weighted by Crippen LogP contribution is 2.22. The first-order valence-electron chi connectivity index (χ1n) is 6.67. The number of carbonyl (C=O) groups excluding carboxylic acids is 2. The topological polar surface area (TPSA) is 105 Å². The number of amides is 2. The van der Waals surface area contributed by atoms with E-state index in [0.717, 1.165) is 0 Å². The number of nitrogens with one attached hydrogen (secondary N) is 2. The number of esters is 1. The first kappa shape index (κ1) is 18.0. The van der Waals surface area contributed by atoms with Gasteiger partial charge in [0.15, 0.2) is 0 Å². The van der Waals surface area contributed by atoms with E-state index in [-0.39, 0.29) is 25.1 Å². The molecule has 120 valence electrons. The molecule has 0 aliphatic rings. The van der Waals surface area contributed by atoms with Crippen LogP contribution in [0.2, 0.25) is 0 Å². The van der Waals surface area contributed by atoms with Gasteiger partial charge in [-0.25, -0.2) is 9.59 Å². The molecule has 0 radical (unpaired) electrons. The molecule has 0 unspecified atom stereocenters. The van der Waals surface area contributed by atoms with Gasteiger partial charge >= 0.3 is 18.0 Å². The predicted molar refractivity (Wildman–Crippen MR) is 84.0 cm³/mol. The first-order valence-corrected chi connectivity index (χ1v) is 7.46. The van der Waals surface area contributed by atoms with Gasteiger partial charge in [-0.3, -0.25) is 4.79 Å². The van der Waals surface area contributed by atoms with E-state index in [1.165, 1.54) is 0 Å². The third kappa shape index (κ3) is 6.13. The zero-order valence-corrected chi connectivity index (χ0v) is 13.6. The van der Waals surface area contributed by atoms with E-state index in [1.807, 2.05) is 0 Å². The van der Waals surface area contributed by atoms with Gasteiger partial charge in [0.05, 0.1) is 17.9 Å². The van der Waals surface area contributed by atoms with Gasteiger partial charge in [-0.05, 0) is 31.5 Å². The van der Waals surface area contributed by atoms with Crippen molar-refractivity contribution < 1.29 is 24.2 Å². The van der Waals surface area contributed by atoms with Crippen LogP contribution in [-0.2, 0) is 9.53 Å². The number of hydrogen-bond acceptors (Lipinski definition) is 4. The molecule has 7 nitrogen and oxygen atoms in total. The van der Waals surface area contributed by atoms with E-state index in [2.05, 4.69) is 26.6 Å². The number of anilines is 1. The molecule has 0 aliphatic heterocycles. The Bertz CT molecular complexity index is 562. The molecule has 0 heterocycles. The second-order valence-electron chi connectivity index (χ2n) is 4.29. The van der Waals surface area contributed by atoms with Crippen molar-refractivity contribution in [1.82, 2.24) is 5.32 Å². The maximum absolute atomic E-state index is 11.9. The van der Waals surface area contributed by atoms with Crippen LogP contribution in [0.1, 0.15) is 30.1 Å². The van der Waals surface area contributed by atoms with Crippen molar-refractivity contribution in [3.8, 4) is 0 Å². The Hall–Kier alpha value is -2.09.